The third kappa shape index (κ3) is 36.6. The summed E-state index contributed by atoms with van der Waals surface area (Å²) in [5.74, 6) is -23.7. The van der Waals surface area contributed by atoms with E-state index in [1.807, 2.05) is 0 Å². The van der Waals surface area contributed by atoms with Crippen LogP contribution in [0.3, 0.4) is 0 Å². The van der Waals surface area contributed by atoms with Crippen LogP contribution < -0.4 is 102 Å². The van der Waals surface area contributed by atoms with E-state index in [1.54, 1.807) is 33.8 Å². The van der Waals surface area contributed by atoms with Crippen LogP contribution in [0.1, 0.15) is 77.8 Å². The molecule has 0 aromatic heterocycles. The van der Waals surface area contributed by atoms with Crippen molar-refractivity contribution in [2.24, 2.45) is 29.0 Å². The van der Waals surface area contributed by atoms with Crippen LogP contribution in [0.25, 0.3) is 0 Å². The Kier molecular flexibility index (Phi) is 43.9. The molecule has 638 valence electrons. The third-order valence-electron chi connectivity index (χ3n) is 16.4. The van der Waals surface area contributed by atoms with E-state index >= 15 is 0 Å². The van der Waals surface area contributed by atoms with Crippen molar-refractivity contribution in [1.82, 2.24) is 85.1 Å². The number of aliphatic carboxylic acids is 2. The van der Waals surface area contributed by atoms with Gasteiger partial charge in [-0.3, -0.25) is 86.9 Å². The first-order valence-corrected chi connectivity index (χ1v) is 36.3. The number of carboxylic acids is 2. The number of phenolic OH excluding ortho intramolecular Hbond substituents is 1. The van der Waals surface area contributed by atoms with Gasteiger partial charge in [-0.1, -0.05) is 70.2 Å². The number of guanidine groups is 1. The van der Waals surface area contributed by atoms with Gasteiger partial charge in [0.1, 0.15) is 84.3 Å². The van der Waals surface area contributed by atoms with Crippen molar-refractivity contribution < 1.29 is 127 Å². The van der Waals surface area contributed by atoms with Gasteiger partial charge < -0.3 is 143 Å². The zero-order valence-corrected chi connectivity index (χ0v) is 64.2. The molecule has 16 amide bonds. The first-order valence-electron chi connectivity index (χ1n) is 35.6. The average molecular weight is 1650 g/mol. The number of benzene rings is 2. The Bertz CT molecular complexity index is 3720. The number of thiol groups is 1. The number of primary amides is 1. The number of hydrogen-bond donors (Lipinski definition) is 29. The van der Waals surface area contributed by atoms with E-state index in [-0.39, 0.29) is 42.4 Å². The fourth-order valence-corrected chi connectivity index (χ4v) is 10.4. The molecular weight excluding hydrogens is 1540 g/mol. The highest BCUT2D eigenvalue weighted by Crippen LogP contribution is 2.14. The number of rotatable bonds is 52. The first-order chi connectivity index (χ1) is 54.1. The average Bonchev–Trinajstić information content (AvgIpc) is 0.864. The number of hydrogen-bond acceptors (Lipinski definition) is 27. The molecule has 0 fully saturated rings. The lowest BCUT2D eigenvalue weighted by Crippen LogP contribution is -2.62. The van der Waals surface area contributed by atoms with E-state index in [0.717, 1.165) is 6.92 Å². The van der Waals surface area contributed by atoms with Crippen molar-refractivity contribution in [2.75, 3.05) is 58.4 Å². The first kappa shape index (κ1) is 99.2. The Balaban J connectivity index is 2.37. The predicted molar refractivity (Wildman–Crippen MR) is 403 cm³/mol. The zero-order valence-electron chi connectivity index (χ0n) is 63.4. The summed E-state index contributed by atoms with van der Waals surface area (Å²) in [5.41, 5.74) is 17.1. The Morgan fingerprint density at radius 3 is 1.21 bits per heavy atom. The van der Waals surface area contributed by atoms with Crippen LogP contribution in [0.2, 0.25) is 0 Å². The summed E-state index contributed by atoms with van der Waals surface area (Å²) in [7, 11) is 0. The number of aliphatic hydroxyl groups is 5. The molecule has 0 spiro atoms. The van der Waals surface area contributed by atoms with E-state index in [4.69, 9.17) is 22.6 Å². The Labute approximate surface area is 663 Å². The van der Waals surface area contributed by atoms with Gasteiger partial charge in [-0.05, 0) is 61.3 Å². The quantitative estimate of drug-likeness (QED) is 0.0127. The maximum absolute atomic E-state index is 14.3. The summed E-state index contributed by atoms with van der Waals surface area (Å²) >= 11 is 3.90. The lowest BCUT2D eigenvalue weighted by Gasteiger charge is -2.27. The number of aliphatic hydroxyl groups excluding tert-OH is 5. The van der Waals surface area contributed by atoms with Crippen molar-refractivity contribution in [1.29, 1.82) is 5.41 Å². The number of nitrogens with two attached hydrogens (primary N) is 3. The molecule has 0 radical (unpaired) electrons. The molecule has 2 aromatic rings. The van der Waals surface area contributed by atoms with E-state index in [1.165, 1.54) is 48.5 Å². The molecule has 0 heterocycles. The van der Waals surface area contributed by atoms with Crippen LogP contribution in [0.15, 0.2) is 54.6 Å². The monoisotopic (exact) mass is 1650 g/mol. The second-order valence-electron chi connectivity index (χ2n) is 26.7. The van der Waals surface area contributed by atoms with Crippen molar-refractivity contribution >= 4 is 125 Å². The Morgan fingerprint density at radius 1 is 0.417 bits per heavy atom. The molecule has 0 saturated heterocycles. The minimum Gasteiger partial charge on any atom is -0.508 e. The second-order valence-corrected chi connectivity index (χ2v) is 27.0. The van der Waals surface area contributed by atoms with Crippen LogP contribution >= 0.6 is 12.6 Å². The largest absolute Gasteiger partial charge is 0.508 e. The van der Waals surface area contributed by atoms with Gasteiger partial charge in [0.2, 0.25) is 94.5 Å². The number of amides is 16. The minimum atomic E-state index is -2.21. The summed E-state index contributed by atoms with van der Waals surface area (Å²) in [6.45, 7) is 0.0113. The van der Waals surface area contributed by atoms with E-state index < -0.39 is 281 Å². The van der Waals surface area contributed by atoms with Gasteiger partial charge in [0.05, 0.1) is 65.0 Å². The molecule has 14 atom stereocenters. The number of phenols is 1. The van der Waals surface area contributed by atoms with Crippen LogP contribution in [-0.4, -0.2) is 296 Å². The Hall–Kier alpha value is -11.9. The molecule has 0 unspecified atom stereocenters. The fourth-order valence-electron chi connectivity index (χ4n) is 10.2. The predicted octanol–water partition coefficient (Wildman–Crippen LogP) is -12.6. The molecule has 115 heavy (non-hydrogen) atoms. The van der Waals surface area contributed by atoms with Gasteiger partial charge in [0.15, 0.2) is 5.96 Å². The van der Waals surface area contributed by atoms with Crippen LogP contribution in [-0.2, 0) is 99.1 Å². The number of carbonyl (C=O) groups excluding carboxylic acids is 16. The summed E-state index contributed by atoms with van der Waals surface area (Å²) < 4.78 is 0. The van der Waals surface area contributed by atoms with E-state index in [0.29, 0.717) is 5.56 Å². The molecule has 47 heteroatoms. The highest BCUT2D eigenvalue weighted by molar-refractivity contribution is 7.80. The zero-order chi connectivity index (χ0) is 86.9. The van der Waals surface area contributed by atoms with Gasteiger partial charge in [0.25, 0.3) is 0 Å². The molecule has 2 aromatic carbocycles. The molecule has 31 N–H and O–H groups in total. The summed E-state index contributed by atoms with van der Waals surface area (Å²) in [6.07, 6.45) is -3.80. The van der Waals surface area contributed by atoms with E-state index in [2.05, 4.69) is 97.7 Å². The number of carbonyl (C=O) groups is 18. The maximum Gasteiger partial charge on any atom is 0.326 e. The van der Waals surface area contributed by atoms with Gasteiger partial charge in [0, 0.05) is 25.1 Å². The molecule has 0 aliphatic rings. The highest BCUT2D eigenvalue weighted by Gasteiger charge is 2.38. The van der Waals surface area contributed by atoms with Gasteiger partial charge in [-0.25, -0.2) is 4.79 Å². The summed E-state index contributed by atoms with van der Waals surface area (Å²) in [5, 5.41) is 123. The summed E-state index contributed by atoms with van der Waals surface area (Å²) in [4.78, 5) is 239. The van der Waals surface area contributed by atoms with Gasteiger partial charge in [-0.2, -0.15) is 12.6 Å². The van der Waals surface area contributed by atoms with Crippen LogP contribution in [0, 0.1) is 17.2 Å². The molecule has 2 rings (SSSR count). The molecule has 0 aliphatic heterocycles. The second kappa shape index (κ2) is 50.9. The van der Waals surface area contributed by atoms with E-state index in [9.17, 15) is 127 Å². The Morgan fingerprint density at radius 2 is 0.783 bits per heavy atom. The van der Waals surface area contributed by atoms with Gasteiger partial charge in [-0.15, -0.1) is 0 Å². The molecular formula is C68H104N20O26S. The van der Waals surface area contributed by atoms with Crippen LogP contribution in [0.5, 0.6) is 5.75 Å². The standard InChI is InChI=1S/C68H104N20O26S/c1-31(2)18-39(62(108)88-53(32(3)4)67(113)114)77-50(96)24-75-56(102)44(25-89)85-66(112)47(28-92)84-54(100)33(5)76-63(109)46(27-91)86-59(105)40(19-34-10-7-6-8-11-34)81-65(111)48(29-93)87-61(107)43(22-52(98)99)83-57(103)38(12-9-17-73-68(71)72)79-60(106)42(21-49(70)95)82-58(104)41(20-35-13-15-36(94)16-14-35)80-64(110)45(26-90)78-51(97)23-74-55(101)37(69)30-115/h6-8,10-11,13-16,31-33,37-48,53,89-94,115H,9,12,17-30,69H2,1-5H3,(H2,70,95)(H,74,101)(H,75,102)(H,76,109)(H,77,96)(H,78,97)(H,79,106)(H,80,110)(H,81,111)(H,82,104)(H,83,103)(H,84,100)(H,85,112)(H,86,105)(H,87,107)(H,88,108)(H,98,99)(H,113,114)(H4,71,72,73)/t33-,37-,38-,39-,40-,41-,42-,43-,44-,45-,46-,47-,48-,53-/m0/s1. The van der Waals surface area contributed by atoms with Crippen molar-refractivity contribution in [2.45, 2.75) is 164 Å². The lowest BCUT2D eigenvalue weighted by molar-refractivity contribution is -0.143. The molecule has 46 nitrogen and oxygen atoms in total. The molecule has 0 saturated carbocycles. The van der Waals surface area contributed by atoms with Crippen molar-refractivity contribution in [3.63, 3.8) is 0 Å². The number of aromatic hydroxyl groups is 1. The SMILES string of the molecule is CC(C)C[C@H](NC(=O)CNC(=O)[C@H](CO)NC(=O)[C@H](CO)NC(=O)[C@H](C)NC(=O)[C@H](CO)NC(=O)[C@H](Cc1ccccc1)NC(=O)[C@H](CO)NC(=O)[C@H](CC(=O)O)NC(=O)[C@H](CCCNC(=N)N)NC(=O)[C@H](CC(N)=O)NC(=O)[C@H](Cc1ccc(O)cc1)NC(=O)[C@H](CO)NC(=O)CNC(=O)[C@@H](N)CS)C(=O)N[C@H](C(=O)O)C(C)C. The number of nitrogens with one attached hydrogen (secondary N) is 17. The van der Waals surface area contributed by atoms with Gasteiger partial charge >= 0.3 is 11.9 Å². The van der Waals surface area contributed by atoms with Crippen molar-refractivity contribution in [3.8, 4) is 5.75 Å². The lowest BCUT2D eigenvalue weighted by atomic mass is 10.0. The highest BCUT2D eigenvalue weighted by atomic mass is 32.1. The minimum absolute atomic E-state index is 0.0533. The maximum atomic E-state index is 14.3. The van der Waals surface area contributed by atoms with Crippen molar-refractivity contribution in [3.05, 3.63) is 65.7 Å². The molecule has 0 aliphatic carbocycles. The topological polar surface area (TPSA) is 763 Å². The number of carboxylic acid groups (broad SMARTS) is 2. The normalized spacial score (nSPS) is 14.6. The third-order valence-corrected chi connectivity index (χ3v) is 16.8. The summed E-state index contributed by atoms with van der Waals surface area (Å²) in [6, 6.07) is -12.0. The van der Waals surface area contributed by atoms with Crippen LogP contribution in [0.4, 0.5) is 0 Å². The fraction of sp³-hybridized carbons (Fsp3) is 0.544. The smallest absolute Gasteiger partial charge is 0.326 e. The molecule has 0 bridgehead atoms.